The molecule has 0 saturated carbocycles. The van der Waals surface area contributed by atoms with Crippen LogP contribution in [0.2, 0.25) is 0 Å². The molecule has 1 N–H and O–H groups in total. The third-order valence-electron chi connectivity index (χ3n) is 3.69. The lowest BCUT2D eigenvalue weighted by molar-refractivity contribution is 0.102. The van der Waals surface area contributed by atoms with Crippen LogP contribution in [0.3, 0.4) is 0 Å². The van der Waals surface area contributed by atoms with E-state index in [1.807, 2.05) is 48.5 Å². The molecule has 0 radical (unpaired) electrons. The van der Waals surface area contributed by atoms with Crippen LogP contribution in [0.25, 0.3) is 21.9 Å². The number of H-pyrrole nitrogens is 1. The highest BCUT2D eigenvalue weighted by Gasteiger charge is 2.10. The van der Waals surface area contributed by atoms with Gasteiger partial charge in [-0.3, -0.25) is 4.79 Å². The Labute approximate surface area is 150 Å². The number of ketones is 1. The summed E-state index contributed by atoms with van der Waals surface area (Å²) in [7, 11) is 0. The number of benzene rings is 2. The number of carbonyl (C=O) groups excluding carboxylic acids is 1. The van der Waals surface area contributed by atoms with Gasteiger partial charge in [0.05, 0.1) is 11.3 Å². The Morgan fingerprint density at radius 2 is 1.96 bits per heavy atom. The van der Waals surface area contributed by atoms with Gasteiger partial charge in [-0.05, 0) is 38.8 Å². The minimum absolute atomic E-state index is 0.0837. The molecule has 2 heterocycles. The third kappa shape index (κ3) is 3.07. The zero-order valence-corrected chi connectivity index (χ0v) is 14.9. The monoisotopic (exact) mass is 397 g/mol. The van der Waals surface area contributed by atoms with Crippen LogP contribution < -0.4 is 0 Å². The minimum atomic E-state index is 0.0837. The average molecular weight is 398 g/mol. The van der Waals surface area contributed by atoms with Crippen LogP contribution in [-0.2, 0) is 0 Å². The Bertz CT molecular complexity index is 1060. The summed E-state index contributed by atoms with van der Waals surface area (Å²) in [5, 5.41) is 2.91. The number of nitrogens with one attached hydrogen (secondary N) is 1. The van der Waals surface area contributed by atoms with E-state index in [1.165, 1.54) is 11.8 Å². The molecule has 0 atom stereocenters. The Morgan fingerprint density at radius 1 is 1.12 bits per heavy atom. The maximum absolute atomic E-state index is 12.4. The second-order valence-electron chi connectivity index (χ2n) is 5.34. The number of halogens is 1. The van der Waals surface area contributed by atoms with E-state index in [0.717, 1.165) is 26.3 Å². The number of carbonyl (C=O) groups is 1. The maximum Gasteiger partial charge on any atom is 0.178 e. The third-order valence-corrected chi connectivity index (χ3v) is 5.00. The summed E-state index contributed by atoms with van der Waals surface area (Å²) >= 11 is 4.77. The van der Waals surface area contributed by atoms with Gasteiger partial charge < -0.3 is 4.98 Å². The number of aromatic nitrogens is 3. The van der Waals surface area contributed by atoms with Crippen molar-refractivity contribution in [2.75, 3.05) is 5.75 Å². The van der Waals surface area contributed by atoms with Crippen molar-refractivity contribution in [3.8, 4) is 0 Å². The fourth-order valence-electron chi connectivity index (χ4n) is 2.50. The Hall–Kier alpha value is -2.18. The van der Waals surface area contributed by atoms with Crippen LogP contribution in [-0.4, -0.2) is 26.5 Å². The second kappa shape index (κ2) is 6.37. The van der Waals surface area contributed by atoms with E-state index < -0.39 is 0 Å². The summed E-state index contributed by atoms with van der Waals surface area (Å²) in [4.78, 5) is 24.3. The van der Waals surface area contributed by atoms with Gasteiger partial charge in [-0.1, -0.05) is 48.2 Å². The summed E-state index contributed by atoms with van der Waals surface area (Å²) in [6, 6.07) is 15.7. The van der Waals surface area contributed by atoms with E-state index >= 15 is 0 Å². The van der Waals surface area contributed by atoms with Gasteiger partial charge in [0.25, 0.3) is 0 Å². The van der Waals surface area contributed by atoms with Crippen molar-refractivity contribution in [3.63, 3.8) is 0 Å². The lowest BCUT2D eigenvalue weighted by Crippen LogP contribution is -2.02. The van der Waals surface area contributed by atoms with Gasteiger partial charge in [0, 0.05) is 16.2 Å². The van der Waals surface area contributed by atoms with Crippen LogP contribution in [0, 0.1) is 0 Å². The summed E-state index contributed by atoms with van der Waals surface area (Å²) in [6.07, 6.45) is 1.71. The lowest BCUT2D eigenvalue weighted by Gasteiger charge is -2.02. The van der Waals surface area contributed by atoms with Crippen LogP contribution in [0.1, 0.15) is 10.4 Å². The van der Waals surface area contributed by atoms with E-state index in [0.29, 0.717) is 16.6 Å². The molecule has 4 rings (SSSR count). The molecule has 2 aromatic carbocycles. The van der Waals surface area contributed by atoms with Gasteiger partial charge in [-0.2, -0.15) is 0 Å². The quantitative estimate of drug-likeness (QED) is 0.395. The first-order valence-corrected chi connectivity index (χ1v) is 9.13. The van der Waals surface area contributed by atoms with Gasteiger partial charge in [-0.25, -0.2) is 9.97 Å². The Balaban J connectivity index is 1.52. The summed E-state index contributed by atoms with van der Waals surface area (Å²) < 4.78 is 0.891. The Morgan fingerprint density at radius 3 is 2.83 bits per heavy atom. The first-order valence-electron chi connectivity index (χ1n) is 7.35. The van der Waals surface area contributed by atoms with Gasteiger partial charge in [0.1, 0.15) is 0 Å². The van der Waals surface area contributed by atoms with Crippen LogP contribution in [0.4, 0.5) is 0 Å². The number of imidazole rings is 1. The van der Waals surface area contributed by atoms with Crippen LogP contribution >= 0.6 is 27.7 Å². The Kier molecular flexibility index (Phi) is 4.08. The van der Waals surface area contributed by atoms with Crippen molar-refractivity contribution in [1.82, 2.24) is 15.0 Å². The maximum atomic E-state index is 12.4. The fraction of sp³-hybridized carbons (Fsp3) is 0.0556. The smallest absolute Gasteiger partial charge is 0.178 e. The van der Waals surface area contributed by atoms with Crippen molar-refractivity contribution in [1.29, 1.82) is 0 Å². The van der Waals surface area contributed by atoms with E-state index in [9.17, 15) is 4.79 Å². The molecule has 0 bridgehead atoms. The molecule has 4 nitrogen and oxygen atoms in total. The fourth-order valence-corrected chi connectivity index (χ4v) is 3.60. The highest BCUT2D eigenvalue weighted by Crippen LogP contribution is 2.22. The molecule has 2 aromatic heterocycles. The van der Waals surface area contributed by atoms with Gasteiger partial charge in [-0.15, -0.1) is 0 Å². The molecule has 6 heteroatoms. The topological polar surface area (TPSA) is 58.6 Å². The molecule has 24 heavy (non-hydrogen) atoms. The van der Waals surface area contributed by atoms with Gasteiger partial charge in [0.2, 0.25) is 0 Å². The van der Waals surface area contributed by atoms with Crippen LogP contribution in [0.5, 0.6) is 0 Å². The number of rotatable bonds is 4. The number of nitrogens with zero attached hydrogens (tertiary/aromatic N) is 2. The van der Waals surface area contributed by atoms with Crippen molar-refractivity contribution in [2.24, 2.45) is 0 Å². The number of Topliss-reactive ketones (excluding diaryl/α,β-unsaturated/α-hetero) is 1. The van der Waals surface area contributed by atoms with Gasteiger partial charge >= 0.3 is 0 Å². The van der Waals surface area contributed by atoms with E-state index in [1.54, 1.807) is 6.20 Å². The van der Waals surface area contributed by atoms with Crippen molar-refractivity contribution in [3.05, 3.63) is 64.8 Å². The zero-order chi connectivity index (χ0) is 16.5. The number of hydrogen-bond acceptors (Lipinski definition) is 4. The molecule has 118 valence electrons. The molecule has 0 amide bonds. The number of hydrogen-bond donors (Lipinski definition) is 1. The van der Waals surface area contributed by atoms with E-state index in [2.05, 4.69) is 30.9 Å². The minimum Gasteiger partial charge on any atom is -0.331 e. The average Bonchev–Trinajstić information content (AvgIpc) is 3.01. The molecule has 4 aromatic rings. The largest absolute Gasteiger partial charge is 0.331 e. The molecule has 0 unspecified atom stereocenters. The molecule has 0 aliphatic carbocycles. The predicted octanol–water partition coefficient (Wildman–Crippen LogP) is 4.85. The molecule has 0 aliphatic rings. The van der Waals surface area contributed by atoms with Gasteiger partial charge in [0.15, 0.2) is 16.6 Å². The number of pyridine rings is 1. The first kappa shape index (κ1) is 15.4. The first-order chi connectivity index (χ1) is 11.7. The highest BCUT2D eigenvalue weighted by molar-refractivity contribution is 9.10. The van der Waals surface area contributed by atoms with Crippen molar-refractivity contribution in [2.45, 2.75) is 5.16 Å². The van der Waals surface area contributed by atoms with Crippen molar-refractivity contribution >= 4 is 55.4 Å². The normalized spacial score (nSPS) is 11.2. The summed E-state index contributed by atoms with van der Waals surface area (Å²) in [5.41, 5.74) is 2.22. The SMILES string of the molecule is O=C(CSc1nc2ncc(Br)cc2[nH]1)c1ccc2ccccc2c1. The molecule has 0 spiro atoms. The highest BCUT2D eigenvalue weighted by atomic mass is 79.9. The molecule has 0 fully saturated rings. The summed E-state index contributed by atoms with van der Waals surface area (Å²) in [6.45, 7) is 0. The van der Waals surface area contributed by atoms with E-state index in [-0.39, 0.29) is 5.78 Å². The number of aromatic amines is 1. The second-order valence-corrected chi connectivity index (χ2v) is 7.22. The molecule has 0 saturated heterocycles. The standard InChI is InChI=1S/C18H12BrN3OS/c19-14-8-15-17(20-9-14)22-18(21-15)24-10-16(23)13-6-5-11-3-1-2-4-12(11)7-13/h1-9H,10H2,(H,20,21,22). The lowest BCUT2D eigenvalue weighted by atomic mass is 10.1. The number of fused-ring (bicyclic) bond motifs is 2. The van der Waals surface area contributed by atoms with Crippen molar-refractivity contribution < 1.29 is 4.79 Å². The zero-order valence-electron chi connectivity index (χ0n) is 12.5. The molecular weight excluding hydrogens is 386 g/mol. The summed E-state index contributed by atoms with van der Waals surface area (Å²) in [5.74, 6) is 0.416. The number of thioether (sulfide) groups is 1. The predicted molar refractivity (Wildman–Crippen MR) is 101 cm³/mol. The van der Waals surface area contributed by atoms with Crippen LogP contribution in [0.15, 0.2) is 64.4 Å². The molecule has 0 aliphatic heterocycles. The molecular formula is C18H12BrN3OS. The van der Waals surface area contributed by atoms with E-state index in [4.69, 9.17) is 0 Å².